The molecule has 0 atom stereocenters. The van der Waals surface area contributed by atoms with E-state index < -0.39 is 0 Å². The second-order valence-electron chi connectivity index (χ2n) is 4.38. The van der Waals surface area contributed by atoms with Gasteiger partial charge >= 0.3 is 0 Å². The summed E-state index contributed by atoms with van der Waals surface area (Å²) in [5.41, 5.74) is 2.66. The van der Waals surface area contributed by atoms with Crippen LogP contribution in [0.1, 0.15) is 37.8 Å². The second-order valence-corrected chi connectivity index (χ2v) is 5.48. The first-order chi connectivity index (χ1) is 8.81. The highest BCUT2D eigenvalue weighted by Crippen LogP contribution is 2.24. The van der Waals surface area contributed by atoms with Crippen molar-refractivity contribution in [3.63, 3.8) is 0 Å². The van der Waals surface area contributed by atoms with E-state index in [0.717, 1.165) is 24.6 Å². The van der Waals surface area contributed by atoms with Crippen molar-refractivity contribution in [1.82, 2.24) is 5.32 Å². The smallest absolute Gasteiger partial charge is 0.122 e. The van der Waals surface area contributed by atoms with Crippen molar-refractivity contribution in [2.75, 3.05) is 19.4 Å². The average molecular weight is 267 g/mol. The largest absolute Gasteiger partial charge is 0.496 e. The van der Waals surface area contributed by atoms with Gasteiger partial charge in [0.1, 0.15) is 5.75 Å². The van der Waals surface area contributed by atoms with Crippen molar-refractivity contribution >= 4 is 11.8 Å². The lowest BCUT2D eigenvalue weighted by molar-refractivity contribution is 0.411. The fraction of sp³-hybridized carbons (Fsp3) is 0.600. The Morgan fingerprint density at radius 1 is 1.22 bits per heavy atom. The zero-order valence-electron chi connectivity index (χ0n) is 11.8. The molecular weight excluding hydrogens is 242 g/mol. The molecule has 0 aliphatic heterocycles. The lowest BCUT2D eigenvalue weighted by Crippen LogP contribution is -2.13. The van der Waals surface area contributed by atoms with Gasteiger partial charge in [0.05, 0.1) is 7.11 Å². The molecule has 0 unspecified atom stereocenters. The summed E-state index contributed by atoms with van der Waals surface area (Å²) >= 11 is 1.97. The SMILES string of the molecule is CCCNCc1ccc(OC)c(CSCCC)c1. The molecule has 0 amide bonds. The normalized spacial score (nSPS) is 10.6. The molecule has 102 valence electrons. The summed E-state index contributed by atoms with van der Waals surface area (Å²) < 4.78 is 5.42. The maximum Gasteiger partial charge on any atom is 0.122 e. The number of thioether (sulfide) groups is 1. The Morgan fingerprint density at radius 3 is 2.72 bits per heavy atom. The lowest BCUT2D eigenvalue weighted by atomic mass is 10.1. The quantitative estimate of drug-likeness (QED) is 0.687. The molecule has 18 heavy (non-hydrogen) atoms. The molecule has 0 heterocycles. The Morgan fingerprint density at radius 2 is 2.06 bits per heavy atom. The Balaban J connectivity index is 2.62. The van der Waals surface area contributed by atoms with E-state index in [0.29, 0.717) is 0 Å². The minimum atomic E-state index is 0.948. The molecule has 1 aromatic rings. The molecule has 1 rings (SSSR count). The van der Waals surface area contributed by atoms with Gasteiger partial charge in [0.25, 0.3) is 0 Å². The van der Waals surface area contributed by atoms with Gasteiger partial charge < -0.3 is 10.1 Å². The van der Waals surface area contributed by atoms with E-state index in [-0.39, 0.29) is 0 Å². The van der Waals surface area contributed by atoms with Gasteiger partial charge in [-0.05, 0) is 42.8 Å². The number of benzene rings is 1. The van der Waals surface area contributed by atoms with Gasteiger partial charge in [-0.1, -0.05) is 19.9 Å². The molecule has 3 heteroatoms. The van der Waals surface area contributed by atoms with Gasteiger partial charge in [-0.25, -0.2) is 0 Å². The van der Waals surface area contributed by atoms with E-state index in [1.165, 1.54) is 29.7 Å². The van der Waals surface area contributed by atoms with Crippen LogP contribution >= 0.6 is 11.8 Å². The summed E-state index contributed by atoms with van der Waals surface area (Å²) in [5, 5.41) is 3.44. The fourth-order valence-corrected chi connectivity index (χ4v) is 2.67. The first kappa shape index (κ1) is 15.4. The lowest BCUT2D eigenvalue weighted by Gasteiger charge is -2.11. The van der Waals surface area contributed by atoms with Crippen LogP contribution in [0.15, 0.2) is 18.2 Å². The highest BCUT2D eigenvalue weighted by atomic mass is 32.2. The third kappa shape index (κ3) is 5.32. The zero-order valence-corrected chi connectivity index (χ0v) is 12.6. The highest BCUT2D eigenvalue weighted by Gasteiger charge is 2.04. The maximum atomic E-state index is 5.42. The predicted molar refractivity (Wildman–Crippen MR) is 81.4 cm³/mol. The third-order valence-corrected chi connectivity index (χ3v) is 3.92. The summed E-state index contributed by atoms with van der Waals surface area (Å²) in [7, 11) is 1.75. The van der Waals surface area contributed by atoms with Crippen molar-refractivity contribution in [3.05, 3.63) is 29.3 Å². The summed E-state index contributed by atoms with van der Waals surface area (Å²) in [5.74, 6) is 3.26. The van der Waals surface area contributed by atoms with Crippen LogP contribution in [0.2, 0.25) is 0 Å². The van der Waals surface area contributed by atoms with E-state index in [9.17, 15) is 0 Å². The first-order valence-electron chi connectivity index (χ1n) is 6.76. The summed E-state index contributed by atoms with van der Waals surface area (Å²) in [6, 6.07) is 6.50. The Labute approximate surface area is 116 Å². The van der Waals surface area contributed by atoms with Crippen LogP contribution in [0.25, 0.3) is 0 Å². The van der Waals surface area contributed by atoms with Crippen LogP contribution in [0.3, 0.4) is 0 Å². The van der Waals surface area contributed by atoms with Crippen LogP contribution in [0, 0.1) is 0 Å². The van der Waals surface area contributed by atoms with Crippen molar-refractivity contribution in [2.24, 2.45) is 0 Å². The number of nitrogens with one attached hydrogen (secondary N) is 1. The number of rotatable bonds is 9. The first-order valence-corrected chi connectivity index (χ1v) is 7.91. The standard InChI is InChI=1S/C15H25NOS/c1-4-8-16-11-13-6-7-15(17-3)14(10-13)12-18-9-5-2/h6-7,10,16H,4-5,8-9,11-12H2,1-3H3. The summed E-state index contributed by atoms with van der Waals surface area (Å²) in [4.78, 5) is 0. The molecule has 1 aromatic carbocycles. The molecule has 1 N–H and O–H groups in total. The number of hydrogen-bond donors (Lipinski definition) is 1. The molecule has 0 aliphatic carbocycles. The van der Waals surface area contributed by atoms with E-state index in [2.05, 4.69) is 37.4 Å². The van der Waals surface area contributed by atoms with Crippen LogP contribution in [-0.4, -0.2) is 19.4 Å². The molecule has 0 fully saturated rings. The summed E-state index contributed by atoms with van der Waals surface area (Å²) in [6.45, 7) is 6.43. The molecule has 0 saturated carbocycles. The molecular formula is C15H25NOS. The van der Waals surface area contributed by atoms with Crippen LogP contribution < -0.4 is 10.1 Å². The topological polar surface area (TPSA) is 21.3 Å². The van der Waals surface area contributed by atoms with Gasteiger partial charge in [0.2, 0.25) is 0 Å². The Bertz CT molecular complexity index is 341. The molecule has 0 saturated heterocycles. The summed E-state index contributed by atoms with van der Waals surface area (Å²) in [6.07, 6.45) is 2.40. The Hall–Kier alpha value is -0.670. The van der Waals surface area contributed by atoms with Crippen molar-refractivity contribution in [2.45, 2.75) is 39.0 Å². The van der Waals surface area contributed by atoms with Gasteiger partial charge in [-0.15, -0.1) is 0 Å². The monoisotopic (exact) mass is 267 g/mol. The van der Waals surface area contributed by atoms with Crippen molar-refractivity contribution in [3.8, 4) is 5.75 Å². The molecule has 0 spiro atoms. The fourth-order valence-electron chi connectivity index (χ4n) is 1.79. The van der Waals surface area contributed by atoms with Gasteiger partial charge in [-0.3, -0.25) is 0 Å². The van der Waals surface area contributed by atoms with E-state index in [1.807, 2.05) is 11.8 Å². The average Bonchev–Trinajstić information content (AvgIpc) is 2.40. The van der Waals surface area contributed by atoms with Crippen LogP contribution in [-0.2, 0) is 12.3 Å². The molecule has 0 aliphatic rings. The second kappa shape index (κ2) is 9.29. The predicted octanol–water partition coefficient (Wildman–Crippen LogP) is 3.84. The molecule has 2 nitrogen and oxygen atoms in total. The van der Waals surface area contributed by atoms with Gasteiger partial charge in [0, 0.05) is 17.9 Å². The van der Waals surface area contributed by atoms with E-state index in [1.54, 1.807) is 7.11 Å². The number of hydrogen-bond acceptors (Lipinski definition) is 3. The molecule has 0 radical (unpaired) electrons. The minimum absolute atomic E-state index is 0.948. The van der Waals surface area contributed by atoms with E-state index in [4.69, 9.17) is 4.74 Å². The minimum Gasteiger partial charge on any atom is -0.496 e. The Kier molecular flexibility index (Phi) is 7.94. The number of ether oxygens (including phenoxy) is 1. The van der Waals surface area contributed by atoms with Crippen LogP contribution in [0.5, 0.6) is 5.75 Å². The van der Waals surface area contributed by atoms with Gasteiger partial charge in [0.15, 0.2) is 0 Å². The van der Waals surface area contributed by atoms with E-state index >= 15 is 0 Å². The third-order valence-electron chi connectivity index (χ3n) is 2.71. The highest BCUT2D eigenvalue weighted by molar-refractivity contribution is 7.98. The molecule has 0 aromatic heterocycles. The molecule has 0 bridgehead atoms. The zero-order chi connectivity index (χ0) is 13.2. The van der Waals surface area contributed by atoms with Crippen molar-refractivity contribution in [1.29, 1.82) is 0 Å². The van der Waals surface area contributed by atoms with Crippen LogP contribution in [0.4, 0.5) is 0 Å². The maximum absolute atomic E-state index is 5.42. The van der Waals surface area contributed by atoms with Crippen molar-refractivity contribution < 1.29 is 4.74 Å². The van der Waals surface area contributed by atoms with Gasteiger partial charge in [-0.2, -0.15) is 11.8 Å². The number of methoxy groups -OCH3 is 1.